The number of carbonyl (C=O) groups is 2. The molecule has 0 N–H and O–H groups in total. The summed E-state index contributed by atoms with van der Waals surface area (Å²) in [6.45, 7) is 0.445. The number of nitrogens with zero attached hydrogens (tertiary/aromatic N) is 2. The number of rotatable bonds is 4. The Kier molecular flexibility index (Phi) is 5.08. The maximum absolute atomic E-state index is 12.5. The Labute approximate surface area is 132 Å². The summed E-state index contributed by atoms with van der Waals surface area (Å²) in [7, 11) is 1.62. The van der Waals surface area contributed by atoms with Crippen LogP contribution in [0.15, 0.2) is 42.6 Å². The molecule has 1 atom stereocenters. The van der Waals surface area contributed by atoms with Gasteiger partial charge in [-0.2, -0.15) is 13.2 Å². The van der Waals surface area contributed by atoms with Crippen LogP contribution >= 0.6 is 0 Å². The van der Waals surface area contributed by atoms with Crippen molar-refractivity contribution >= 4 is 17.4 Å². The first kappa shape index (κ1) is 17.1. The Morgan fingerprint density at radius 1 is 1.26 bits per heavy atom. The number of carbonyl (C=O) groups excluding carboxylic acids is 2. The van der Waals surface area contributed by atoms with Gasteiger partial charge in [0, 0.05) is 31.6 Å². The summed E-state index contributed by atoms with van der Waals surface area (Å²) in [6.07, 6.45) is -2.11. The number of anilines is 1. The van der Waals surface area contributed by atoms with Crippen LogP contribution in [0.1, 0.15) is 12.8 Å². The van der Waals surface area contributed by atoms with E-state index < -0.39 is 18.0 Å². The highest BCUT2D eigenvalue weighted by Crippen LogP contribution is 2.23. The molecule has 0 aliphatic carbocycles. The zero-order valence-corrected chi connectivity index (χ0v) is 12.6. The van der Waals surface area contributed by atoms with Gasteiger partial charge in [0.2, 0.25) is 5.91 Å². The summed E-state index contributed by atoms with van der Waals surface area (Å²) in [6, 6.07) is 8.42. The van der Waals surface area contributed by atoms with E-state index in [9.17, 15) is 22.8 Å². The molecule has 1 aliphatic rings. The van der Waals surface area contributed by atoms with E-state index in [1.165, 1.54) is 9.80 Å². The van der Waals surface area contributed by atoms with E-state index in [0.29, 0.717) is 31.1 Å². The van der Waals surface area contributed by atoms with Crippen LogP contribution in [0.2, 0.25) is 0 Å². The standard InChI is InChI=1S/C16H17F3N2O2/c1-20(12-6-3-2-4-7-12)15(23)13-8-5-10-21(13)11-9-14(22)16(17,18)19/h2-4,6-7,9,11,13H,5,8,10H2,1H3. The highest BCUT2D eigenvalue weighted by molar-refractivity contribution is 5.97. The molecule has 0 aromatic heterocycles. The number of benzene rings is 1. The summed E-state index contributed by atoms with van der Waals surface area (Å²) in [5.74, 6) is -2.13. The second-order valence-corrected chi connectivity index (χ2v) is 5.31. The minimum absolute atomic E-state index is 0.210. The Balaban J connectivity index is 2.08. The number of alkyl halides is 3. The van der Waals surface area contributed by atoms with Gasteiger partial charge in [0.05, 0.1) is 0 Å². The van der Waals surface area contributed by atoms with E-state index in [1.54, 1.807) is 31.3 Å². The van der Waals surface area contributed by atoms with E-state index in [1.807, 2.05) is 6.07 Å². The van der Waals surface area contributed by atoms with Crippen molar-refractivity contribution in [2.75, 3.05) is 18.5 Å². The first-order chi connectivity index (χ1) is 10.8. The average Bonchev–Trinajstić information content (AvgIpc) is 2.99. The summed E-state index contributed by atoms with van der Waals surface area (Å²) in [5, 5.41) is 0. The normalized spacial score (nSPS) is 18.4. The van der Waals surface area contributed by atoms with Crippen LogP contribution in [0, 0.1) is 0 Å². The number of likely N-dealkylation sites (tertiary alicyclic amines) is 1. The number of amides is 1. The van der Waals surface area contributed by atoms with Crippen LogP contribution in [0.5, 0.6) is 0 Å². The SMILES string of the molecule is CN(C(=O)C1CCCN1C=CC(=O)C(F)(F)F)c1ccccc1. The minimum atomic E-state index is -4.89. The smallest absolute Gasteiger partial charge is 0.365 e. The lowest BCUT2D eigenvalue weighted by molar-refractivity contribution is -0.165. The molecule has 1 unspecified atom stereocenters. The molecule has 0 saturated carbocycles. The Bertz CT molecular complexity index is 599. The third kappa shape index (κ3) is 4.12. The predicted octanol–water partition coefficient (Wildman–Crippen LogP) is 2.76. The van der Waals surface area contributed by atoms with Gasteiger partial charge in [-0.25, -0.2) is 0 Å². The number of para-hydroxylation sites is 1. The maximum Gasteiger partial charge on any atom is 0.454 e. The third-order valence-corrected chi connectivity index (χ3v) is 3.75. The van der Waals surface area contributed by atoms with Crippen molar-refractivity contribution in [1.82, 2.24) is 4.90 Å². The van der Waals surface area contributed by atoms with Gasteiger partial charge in [-0.05, 0) is 25.0 Å². The molecule has 0 bridgehead atoms. The summed E-state index contributed by atoms with van der Waals surface area (Å²) in [5.41, 5.74) is 0.708. The third-order valence-electron chi connectivity index (χ3n) is 3.75. The molecule has 1 aliphatic heterocycles. The van der Waals surface area contributed by atoms with E-state index in [0.717, 1.165) is 6.20 Å². The fourth-order valence-corrected chi connectivity index (χ4v) is 2.49. The molecule has 0 radical (unpaired) electrons. The summed E-state index contributed by atoms with van der Waals surface area (Å²) in [4.78, 5) is 26.4. The fourth-order valence-electron chi connectivity index (χ4n) is 2.49. The highest BCUT2D eigenvalue weighted by atomic mass is 19.4. The molecule has 0 spiro atoms. The van der Waals surface area contributed by atoms with Gasteiger partial charge in [0.15, 0.2) is 0 Å². The Morgan fingerprint density at radius 3 is 2.52 bits per heavy atom. The molecule has 7 heteroatoms. The van der Waals surface area contributed by atoms with Gasteiger partial charge >= 0.3 is 6.18 Å². The number of ketones is 1. The van der Waals surface area contributed by atoms with Crippen LogP contribution in [0.3, 0.4) is 0 Å². The van der Waals surface area contributed by atoms with Gasteiger partial charge in [0.25, 0.3) is 5.78 Å². The van der Waals surface area contributed by atoms with Crippen molar-refractivity contribution in [1.29, 1.82) is 0 Å². The van der Waals surface area contributed by atoms with Gasteiger partial charge in [-0.15, -0.1) is 0 Å². The second kappa shape index (κ2) is 6.85. The van der Waals surface area contributed by atoms with Crippen LogP contribution in [-0.4, -0.2) is 42.4 Å². The average molecular weight is 326 g/mol. The van der Waals surface area contributed by atoms with E-state index >= 15 is 0 Å². The zero-order chi connectivity index (χ0) is 17.0. The summed E-state index contributed by atoms with van der Waals surface area (Å²) < 4.78 is 36.7. The van der Waals surface area contributed by atoms with Crippen molar-refractivity contribution in [2.24, 2.45) is 0 Å². The van der Waals surface area contributed by atoms with Gasteiger partial charge in [-0.1, -0.05) is 18.2 Å². The van der Waals surface area contributed by atoms with Gasteiger partial charge in [0.1, 0.15) is 6.04 Å². The molecule has 1 saturated heterocycles. The highest BCUT2D eigenvalue weighted by Gasteiger charge is 2.37. The fraction of sp³-hybridized carbons (Fsp3) is 0.375. The molecule has 2 rings (SSSR count). The van der Waals surface area contributed by atoms with Crippen molar-refractivity contribution in [2.45, 2.75) is 25.1 Å². The number of halogens is 3. The molecule has 124 valence electrons. The molecule has 23 heavy (non-hydrogen) atoms. The predicted molar refractivity (Wildman–Crippen MR) is 79.8 cm³/mol. The zero-order valence-electron chi connectivity index (χ0n) is 12.6. The van der Waals surface area contributed by atoms with Crippen LogP contribution < -0.4 is 4.90 Å². The molecule has 1 aromatic rings. The van der Waals surface area contributed by atoms with Crippen LogP contribution in [0.4, 0.5) is 18.9 Å². The molecular formula is C16H17F3N2O2. The first-order valence-electron chi connectivity index (χ1n) is 7.18. The van der Waals surface area contributed by atoms with Crippen molar-refractivity contribution in [3.05, 3.63) is 42.6 Å². The number of hydrogen-bond acceptors (Lipinski definition) is 3. The summed E-state index contributed by atoms with van der Waals surface area (Å²) >= 11 is 0. The Morgan fingerprint density at radius 2 is 1.91 bits per heavy atom. The molecular weight excluding hydrogens is 309 g/mol. The van der Waals surface area contributed by atoms with E-state index in [4.69, 9.17) is 0 Å². The Hall–Kier alpha value is -2.31. The second-order valence-electron chi connectivity index (χ2n) is 5.31. The lowest BCUT2D eigenvalue weighted by atomic mass is 10.2. The van der Waals surface area contributed by atoms with Gasteiger partial charge < -0.3 is 9.80 Å². The number of hydrogen-bond donors (Lipinski definition) is 0. The minimum Gasteiger partial charge on any atom is -0.365 e. The molecule has 1 amide bonds. The molecule has 1 fully saturated rings. The lowest BCUT2D eigenvalue weighted by Gasteiger charge is -2.27. The van der Waals surface area contributed by atoms with Gasteiger partial charge in [-0.3, -0.25) is 9.59 Å². The maximum atomic E-state index is 12.5. The number of allylic oxidation sites excluding steroid dienone is 1. The largest absolute Gasteiger partial charge is 0.454 e. The van der Waals surface area contributed by atoms with E-state index in [2.05, 4.69) is 0 Å². The molecule has 4 nitrogen and oxygen atoms in total. The topological polar surface area (TPSA) is 40.6 Å². The quantitative estimate of drug-likeness (QED) is 0.799. The van der Waals surface area contributed by atoms with Crippen LogP contribution in [0.25, 0.3) is 0 Å². The monoisotopic (exact) mass is 326 g/mol. The number of likely N-dealkylation sites (N-methyl/N-ethyl adjacent to an activating group) is 1. The first-order valence-corrected chi connectivity index (χ1v) is 7.18. The van der Waals surface area contributed by atoms with Crippen LogP contribution in [-0.2, 0) is 9.59 Å². The van der Waals surface area contributed by atoms with Crippen molar-refractivity contribution in [3.8, 4) is 0 Å². The van der Waals surface area contributed by atoms with Crippen molar-refractivity contribution in [3.63, 3.8) is 0 Å². The molecule has 1 aromatic carbocycles. The van der Waals surface area contributed by atoms with Crippen molar-refractivity contribution < 1.29 is 22.8 Å². The lowest BCUT2D eigenvalue weighted by Crippen LogP contribution is -2.42. The van der Waals surface area contributed by atoms with E-state index in [-0.39, 0.29) is 5.91 Å². The molecule has 1 heterocycles.